The van der Waals surface area contributed by atoms with Crippen LogP contribution in [0.4, 0.5) is 0 Å². The predicted octanol–water partition coefficient (Wildman–Crippen LogP) is 2.10. The monoisotopic (exact) mass is 340 g/mol. The second kappa shape index (κ2) is 7.33. The molecule has 1 aliphatic carbocycles. The van der Waals surface area contributed by atoms with E-state index < -0.39 is 17.4 Å². The molecule has 1 aromatic heterocycles. The number of carboxylic acid groups (broad SMARTS) is 1. The Morgan fingerprint density at radius 1 is 1.52 bits per heavy atom. The third-order valence-electron chi connectivity index (χ3n) is 4.36. The molecule has 23 heavy (non-hydrogen) atoms. The van der Waals surface area contributed by atoms with Crippen LogP contribution in [0.5, 0.6) is 0 Å². The summed E-state index contributed by atoms with van der Waals surface area (Å²) in [4.78, 5) is 23.7. The molecular weight excluding hydrogens is 316 g/mol. The van der Waals surface area contributed by atoms with Gasteiger partial charge in [0.2, 0.25) is 5.91 Å². The van der Waals surface area contributed by atoms with Crippen LogP contribution in [-0.2, 0) is 9.59 Å². The lowest BCUT2D eigenvalue weighted by Crippen LogP contribution is -2.55. The van der Waals surface area contributed by atoms with Gasteiger partial charge >= 0.3 is 5.97 Å². The van der Waals surface area contributed by atoms with Crippen LogP contribution in [-0.4, -0.2) is 43.0 Å². The summed E-state index contributed by atoms with van der Waals surface area (Å²) in [5.74, 6) is -1.32. The predicted molar refractivity (Wildman–Crippen MR) is 87.3 cm³/mol. The van der Waals surface area contributed by atoms with Crippen LogP contribution in [0, 0.1) is 5.92 Å². The van der Waals surface area contributed by atoms with E-state index in [4.69, 9.17) is 0 Å². The van der Waals surface area contributed by atoms with Gasteiger partial charge in [-0.3, -0.25) is 9.59 Å². The number of aliphatic carboxylic acids is 1. The van der Waals surface area contributed by atoms with Crippen molar-refractivity contribution in [2.24, 2.45) is 5.92 Å². The number of hydrogen-bond acceptors (Lipinski definition) is 5. The van der Waals surface area contributed by atoms with Gasteiger partial charge in [0.15, 0.2) is 5.16 Å². The first-order valence-corrected chi connectivity index (χ1v) is 8.88. The Morgan fingerprint density at radius 3 is 2.91 bits per heavy atom. The highest BCUT2D eigenvalue weighted by atomic mass is 32.2. The number of rotatable bonds is 6. The van der Waals surface area contributed by atoms with Crippen LogP contribution in [0.2, 0.25) is 0 Å². The van der Waals surface area contributed by atoms with E-state index in [9.17, 15) is 14.7 Å². The average Bonchev–Trinajstić information content (AvgIpc) is 2.93. The number of amides is 1. The van der Waals surface area contributed by atoms with Crippen molar-refractivity contribution in [2.75, 3.05) is 5.75 Å². The minimum Gasteiger partial charge on any atom is -0.481 e. The van der Waals surface area contributed by atoms with Gasteiger partial charge in [0.25, 0.3) is 0 Å². The maximum atomic E-state index is 12.3. The van der Waals surface area contributed by atoms with Crippen molar-refractivity contribution in [3.05, 3.63) is 6.33 Å². The number of carbonyl (C=O) groups is 2. The highest BCUT2D eigenvalue weighted by Gasteiger charge is 2.42. The summed E-state index contributed by atoms with van der Waals surface area (Å²) in [6.45, 7) is 5.88. The first-order chi connectivity index (χ1) is 10.8. The van der Waals surface area contributed by atoms with Crippen LogP contribution < -0.4 is 5.32 Å². The van der Waals surface area contributed by atoms with Gasteiger partial charge in [0.1, 0.15) is 6.33 Å². The summed E-state index contributed by atoms with van der Waals surface area (Å²) < 4.78 is 1.90. The molecule has 128 valence electrons. The van der Waals surface area contributed by atoms with Crippen molar-refractivity contribution >= 4 is 23.6 Å². The molecule has 1 amide bonds. The minimum atomic E-state index is -0.834. The second-order valence-corrected chi connectivity index (χ2v) is 7.45. The van der Waals surface area contributed by atoms with Gasteiger partial charge in [-0.15, -0.1) is 10.2 Å². The van der Waals surface area contributed by atoms with Gasteiger partial charge in [0.05, 0.1) is 17.2 Å². The Hall–Kier alpha value is -1.57. The van der Waals surface area contributed by atoms with Gasteiger partial charge in [-0.25, -0.2) is 0 Å². The lowest BCUT2D eigenvalue weighted by Gasteiger charge is -2.39. The number of nitrogens with zero attached hydrogens (tertiary/aromatic N) is 3. The second-order valence-electron chi connectivity index (χ2n) is 6.51. The molecule has 1 fully saturated rings. The molecule has 8 heteroatoms. The van der Waals surface area contributed by atoms with Crippen molar-refractivity contribution in [1.29, 1.82) is 0 Å². The topological polar surface area (TPSA) is 97.1 Å². The Labute approximate surface area is 140 Å². The smallest absolute Gasteiger partial charge is 0.308 e. The number of carbonyl (C=O) groups excluding carboxylic acids is 1. The summed E-state index contributed by atoms with van der Waals surface area (Å²) in [5, 5.41) is 20.9. The summed E-state index contributed by atoms with van der Waals surface area (Å²) in [6, 6.07) is 0.225. The largest absolute Gasteiger partial charge is 0.481 e. The molecule has 2 rings (SSSR count). The molecule has 0 saturated heterocycles. The van der Waals surface area contributed by atoms with Crippen LogP contribution in [0.3, 0.4) is 0 Å². The van der Waals surface area contributed by atoms with Crippen molar-refractivity contribution < 1.29 is 14.7 Å². The van der Waals surface area contributed by atoms with Crippen molar-refractivity contribution in [3.8, 4) is 0 Å². The normalized spacial score (nSPS) is 24.6. The van der Waals surface area contributed by atoms with E-state index in [1.165, 1.54) is 11.8 Å². The first-order valence-electron chi connectivity index (χ1n) is 7.89. The van der Waals surface area contributed by atoms with Gasteiger partial charge in [-0.1, -0.05) is 24.6 Å². The molecule has 0 spiro atoms. The molecule has 0 bridgehead atoms. The zero-order chi connectivity index (χ0) is 17.0. The van der Waals surface area contributed by atoms with Gasteiger partial charge in [0, 0.05) is 6.04 Å². The van der Waals surface area contributed by atoms with E-state index >= 15 is 0 Å². The van der Waals surface area contributed by atoms with Crippen LogP contribution >= 0.6 is 11.8 Å². The zero-order valence-corrected chi connectivity index (χ0v) is 14.6. The van der Waals surface area contributed by atoms with Gasteiger partial charge < -0.3 is 15.0 Å². The Balaban J connectivity index is 1.95. The number of hydrogen-bond donors (Lipinski definition) is 2. The van der Waals surface area contributed by atoms with Crippen LogP contribution in [0.15, 0.2) is 11.5 Å². The standard InChI is InChI=1S/C15H24N4O3S/c1-10(2)19-9-16-18-14(19)23-8-12(20)17-15(3)7-5-4-6-11(15)13(21)22/h9-11H,4-8H2,1-3H3,(H,17,20)(H,21,22). The average molecular weight is 340 g/mol. The highest BCUT2D eigenvalue weighted by Crippen LogP contribution is 2.34. The third kappa shape index (κ3) is 4.25. The lowest BCUT2D eigenvalue weighted by atomic mass is 9.74. The third-order valence-corrected chi connectivity index (χ3v) is 5.32. The fourth-order valence-corrected chi connectivity index (χ4v) is 3.90. The molecule has 2 N–H and O–H groups in total. The summed E-state index contributed by atoms with van der Waals surface area (Å²) in [6.07, 6.45) is 4.79. The fraction of sp³-hybridized carbons (Fsp3) is 0.733. The number of thioether (sulfide) groups is 1. The van der Waals surface area contributed by atoms with Crippen LogP contribution in [0.25, 0.3) is 0 Å². The molecule has 1 heterocycles. The molecule has 2 unspecified atom stereocenters. The molecule has 1 aromatic rings. The summed E-state index contributed by atoms with van der Waals surface area (Å²) >= 11 is 1.32. The first kappa shape index (κ1) is 17.8. The number of carboxylic acids is 1. The number of aromatic nitrogens is 3. The maximum absolute atomic E-state index is 12.3. The molecule has 7 nitrogen and oxygen atoms in total. The van der Waals surface area contributed by atoms with Gasteiger partial charge in [-0.2, -0.15) is 0 Å². The molecule has 0 aromatic carbocycles. The SMILES string of the molecule is CC(C)n1cnnc1SCC(=O)NC1(C)CCCCC1C(=O)O. The number of nitrogens with one attached hydrogen (secondary N) is 1. The molecule has 0 radical (unpaired) electrons. The Bertz CT molecular complexity index is 575. The maximum Gasteiger partial charge on any atom is 0.308 e. The summed E-state index contributed by atoms with van der Waals surface area (Å²) in [7, 11) is 0. The molecule has 0 aliphatic heterocycles. The van der Waals surface area contributed by atoms with Crippen molar-refractivity contribution in [2.45, 2.75) is 63.2 Å². The van der Waals surface area contributed by atoms with Crippen molar-refractivity contribution in [3.63, 3.8) is 0 Å². The Morgan fingerprint density at radius 2 is 2.26 bits per heavy atom. The molecular formula is C15H24N4O3S. The van der Waals surface area contributed by atoms with Crippen LogP contribution in [0.1, 0.15) is 52.5 Å². The minimum absolute atomic E-state index is 0.163. The molecule has 1 aliphatic rings. The zero-order valence-electron chi connectivity index (χ0n) is 13.8. The van der Waals surface area contributed by atoms with Gasteiger partial charge in [-0.05, 0) is 33.6 Å². The quantitative estimate of drug-likeness (QED) is 0.770. The van der Waals surface area contributed by atoms with E-state index in [1.54, 1.807) is 6.33 Å². The fourth-order valence-electron chi connectivity index (χ4n) is 3.05. The Kier molecular flexibility index (Phi) is 5.67. The lowest BCUT2D eigenvalue weighted by molar-refractivity contribution is -0.146. The van der Waals surface area contributed by atoms with E-state index in [0.717, 1.165) is 12.8 Å². The van der Waals surface area contributed by atoms with E-state index in [-0.39, 0.29) is 17.7 Å². The highest BCUT2D eigenvalue weighted by molar-refractivity contribution is 7.99. The van der Waals surface area contributed by atoms with E-state index in [1.807, 2.05) is 25.3 Å². The summed E-state index contributed by atoms with van der Waals surface area (Å²) in [5.41, 5.74) is -0.673. The van der Waals surface area contributed by atoms with Crippen molar-refractivity contribution in [1.82, 2.24) is 20.1 Å². The van der Waals surface area contributed by atoms with E-state index in [2.05, 4.69) is 15.5 Å². The molecule has 1 saturated carbocycles. The molecule has 2 atom stereocenters. The van der Waals surface area contributed by atoms with E-state index in [0.29, 0.717) is 18.0 Å².